The molecule has 0 amide bonds. The van der Waals surface area contributed by atoms with Crippen molar-refractivity contribution in [2.24, 2.45) is 5.41 Å². The molecule has 0 atom stereocenters. The van der Waals surface area contributed by atoms with Gasteiger partial charge in [0.15, 0.2) is 5.41 Å². The molecule has 0 aromatic heterocycles. The van der Waals surface area contributed by atoms with Gasteiger partial charge in [0.2, 0.25) is 0 Å². The number of benzene rings is 3. The summed E-state index contributed by atoms with van der Waals surface area (Å²) >= 11 is 0. The summed E-state index contributed by atoms with van der Waals surface area (Å²) in [5.41, 5.74) is 4.05. The second kappa shape index (κ2) is 7.49. The fraction of sp³-hybridized carbons (Fsp3) is 0.259. The molecule has 3 aromatic carbocycles. The first-order chi connectivity index (χ1) is 14.9. The minimum Gasteiger partial charge on any atom is -0.378 e. The molecule has 0 radical (unpaired) electrons. The molecular weight excluding hydrogens is 380 g/mol. The summed E-state index contributed by atoms with van der Waals surface area (Å²) in [6.45, 7) is 0. The predicted octanol–water partition coefficient (Wildman–Crippen LogP) is 4.74. The van der Waals surface area contributed by atoms with Crippen molar-refractivity contribution in [3.05, 3.63) is 95.1 Å². The van der Waals surface area contributed by atoms with E-state index in [1.807, 2.05) is 56.2 Å². The molecule has 0 bridgehead atoms. The molecule has 1 aliphatic carbocycles. The SMILES string of the molecule is CN(C)c1ccc(C2(c3ccc(N(C)C)cc3)c3ccccc3CC2(C#N)C#N)cc1. The summed E-state index contributed by atoms with van der Waals surface area (Å²) in [4.78, 5) is 4.10. The third-order valence-electron chi connectivity index (χ3n) is 6.53. The van der Waals surface area contributed by atoms with Crippen LogP contribution >= 0.6 is 0 Å². The number of fused-ring (bicyclic) bond motifs is 1. The highest BCUT2D eigenvalue weighted by molar-refractivity contribution is 5.66. The molecule has 4 heteroatoms. The zero-order valence-electron chi connectivity index (χ0n) is 18.4. The number of hydrogen-bond donors (Lipinski definition) is 0. The van der Waals surface area contributed by atoms with Crippen molar-refractivity contribution in [2.75, 3.05) is 38.0 Å². The molecule has 0 saturated carbocycles. The number of anilines is 2. The van der Waals surface area contributed by atoms with E-state index in [1.54, 1.807) is 0 Å². The van der Waals surface area contributed by atoms with Gasteiger partial charge in [0, 0.05) is 46.0 Å². The standard InChI is InChI=1S/C27H26N4/c1-30(2)23-13-9-21(10-14-23)27(22-11-15-24(16-12-22)31(3)4)25-8-6-5-7-20(25)17-26(27,18-28)19-29/h5-16H,17H2,1-4H3. The molecule has 0 N–H and O–H groups in total. The van der Waals surface area contributed by atoms with Gasteiger partial charge in [-0.05, 0) is 46.5 Å². The second-order valence-electron chi connectivity index (χ2n) is 8.60. The van der Waals surface area contributed by atoms with Gasteiger partial charge < -0.3 is 9.80 Å². The van der Waals surface area contributed by atoms with Gasteiger partial charge in [-0.3, -0.25) is 0 Å². The van der Waals surface area contributed by atoms with Crippen LogP contribution < -0.4 is 9.80 Å². The van der Waals surface area contributed by atoms with E-state index in [4.69, 9.17) is 0 Å². The minimum absolute atomic E-state index is 0.404. The van der Waals surface area contributed by atoms with E-state index in [1.165, 1.54) is 0 Å². The Morgan fingerprint density at radius 1 is 0.677 bits per heavy atom. The fourth-order valence-electron chi connectivity index (χ4n) is 4.95. The largest absolute Gasteiger partial charge is 0.378 e. The molecule has 0 aliphatic heterocycles. The molecular formula is C27H26N4. The maximum absolute atomic E-state index is 10.4. The summed E-state index contributed by atoms with van der Waals surface area (Å²) in [5.74, 6) is 0. The molecule has 0 saturated heterocycles. The lowest BCUT2D eigenvalue weighted by atomic mass is 9.58. The van der Waals surface area contributed by atoms with E-state index >= 15 is 0 Å². The Hall–Kier alpha value is -3.76. The highest BCUT2D eigenvalue weighted by Crippen LogP contribution is 2.59. The second-order valence-corrected chi connectivity index (χ2v) is 8.60. The Kier molecular flexibility index (Phi) is 4.96. The molecule has 4 rings (SSSR count). The van der Waals surface area contributed by atoms with Crippen LogP contribution in [0.3, 0.4) is 0 Å². The summed E-state index contributed by atoms with van der Waals surface area (Å²) in [6.07, 6.45) is 0.404. The van der Waals surface area contributed by atoms with E-state index in [9.17, 15) is 10.5 Å². The smallest absolute Gasteiger partial charge is 0.165 e. The lowest BCUT2D eigenvalue weighted by Crippen LogP contribution is -2.43. The zero-order chi connectivity index (χ0) is 22.2. The van der Waals surface area contributed by atoms with Gasteiger partial charge in [-0.1, -0.05) is 48.5 Å². The van der Waals surface area contributed by atoms with Gasteiger partial charge in [-0.15, -0.1) is 0 Å². The highest BCUT2D eigenvalue weighted by atomic mass is 15.1. The van der Waals surface area contributed by atoms with Crippen molar-refractivity contribution in [3.63, 3.8) is 0 Å². The van der Waals surface area contributed by atoms with E-state index in [0.717, 1.165) is 33.6 Å². The molecule has 1 aliphatic rings. The van der Waals surface area contributed by atoms with E-state index in [2.05, 4.69) is 66.7 Å². The molecule has 4 nitrogen and oxygen atoms in total. The third-order valence-corrected chi connectivity index (χ3v) is 6.53. The molecule has 0 fully saturated rings. The van der Waals surface area contributed by atoms with Crippen LogP contribution in [0.4, 0.5) is 11.4 Å². The Bertz CT molecular complexity index is 1110. The molecule has 0 heterocycles. The molecule has 31 heavy (non-hydrogen) atoms. The first-order valence-corrected chi connectivity index (χ1v) is 10.4. The predicted molar refractivity (Wildman–Crippen MR) is 125 cm³/mol. The maximum Gasteiger partial charge on any atom is 0.165 e. The number of nitrogens with zero attached hydrogens (tertiary/aromatic N) is 4. The van der Waals surface area contributed by atoms with E-state index in [-0.39, 0.29) is 0 Å². The molecule has 3 aromatic rings. The Labute approximate surface area is 184 Å². The molecule has 154 valence electrons. The lowest BCUT2D eigenvalue weighted by Gasteiger charge is -2.40. The molecule has 0 spiro atoms. The summed E-state index contributed by atoms with van der Waals surface area (Å²) < 4.78 is 0. The average Bonchev–Trinajstić information content (AvgIpc) is 3.10. The first kappa shape index (κ1) is 20.5. The number of nitriles is 2. The van der Waals surface area contributed by atoms with Crippen LogP contribution in [0.5, 0.6) is 0 Å². The van der Waals surface area contributed by atoms with E-state index in [0.29, 0.717) is 6.42 Å². The Morgan fingerprint density at radius 3 is 1.55 bits per heavy atom. The zero-order valence-corrected chi connectivity index (χ0v) is 18.4. The molecule has 0 unspecified atom stereocenters. The van der Waals surface area contributed by atoms with Crippen molar-refractivity contribution >= 4 is 11.4 Å². The van der Waals surface area contributed by atoms with Crippen molar-refractivity contribution in [3.8, 4) is 12.1 Å². The lowest BCUT2D eigenvalue weighted by molar-refractivity contribution is 0.391. The third kappa shape index (κ3) is 2.87. The number of hydrogen-bond acceptors (Lipinski definition) is 4. The topological polar surface area (TPSA) is 54.1 Å². The van der Waals surface area contributed by atoms with Gasteiger partial charge >= 0.3 is 0 Å². The van der Waals surface area contributed by atoms with Crippen LogP contribution in [0.25, 0.3) is 0 Å². The van der Waals surface area contributed by atoms with Crippen molar-refractivity contribution < 1.29 is 0 Å². The Morgan fingerprint density at radius 2 is 1.13 bits per heavy atom. The van der Waals surface area contributed by atoms with Crippen LogP contribution in [-0.4, -0.2) is 28.2 Å². The van der Waals surface area contributed by atoms with Crippen LogP contribution in [0, 0.1) is 28.1 Å². The van der Waals surface area contributed by atoms with Crippen LogP contribution in [-0.2, 0) is 11.8 Å². The first-order valence-electron chi connectivity index (χ1n) is 10.4. The van der Waals surface area contributed by atoms with Gasteiger partial charge in [-0.2, -0.15) is 10.5 Å². The number of rotatable bonds is 4. The van der Waals surface area contributed by atoms with Gasteiger partial charge in [0.25, 0.3) is 0 Å². The van der Waals surface area contributed by atoms with Crippen LogP contribution in [0.2, 0.25) is 0 Å². The Balaban J connectivity index is 2.08. The average molecular weight is 407 g/mol. The van der Waals surface area contributed by atoms with Gasteiger partial charge in [-0.25, -0.2) is 0 Å². The van der Waals surface area contributed by atoms with Crippen molar-refractivity contribution in [1.29, 1.82) is 10.5 Å². The minimum atomic E-state index is -1.24. The monoisotopic (exact) mass is 406 g/mol. The highest BCUT2D eigenvalue weighted by Gasteiger charge is 2.61. The van der Waals surface area contributed by atoms with Crippen LogP contribution in [0.15, 0.2) is 72.8 Å². The van der Waals surface area contributed by atoms with Gasteiger partial charge in [0.1, 0.15) is 0 Å². The maximum atomic E-state index is 10.4. The summed E-state index contributed by atoms with van der Waals surface area (Å²) in [7, 11) is 8.02. The van der Waals surface area contributed by atoms with Crippen molar-refractivity contribution in [2.45, 2.75) is 11.8 Å². The normalized spacial score (nSPS) is 15.4. The van der Waals surface area contributed by atoms with Crippen LogP contribution in [0.1, 0.15) is 22.3 Å². The fourth-order valence-corrected chi connectivity index (χ4v) is 4.95. The van der Waals surface area contributed by atoms with Gasteiger partial charge in [0.05, 0.1) is 17.6 Å². The van der Waals surface area contributed by atoms with Crippen molar-refractivity contribution in [1.82, 2.24) is 0 Å². The summed E-state index contributed by atoms with van der Waals surface area (Å²) in [5, 5.41) is 20.9. The summed E-state index contributed by atoms with van der Waals surface area (Å²) in [6, 6.07) is 29.5. The van der Waals surface area contributed by atoms with E-state index < -0.39 is 10.8 Å². The quantitative estimate of drug-likeness (QED) is 0.628.